The van der Waals surface area contributed by atoms with Crippen LogP contribution in [0.15, 0.2) is 66.7 Å². The van der Waals surface area contributed by atoms with Gasteiger partial charge in [-0.15, -0.1) is 0 Å². The number of nitrogens with zero attached hydrogens (tertiary/aromatic N) is 1. The SMILES string of the molecule is Cc1ccccc1C(=O)N(N)C(=O)c1cccc2ccccc12. The molecule has 0 bridgehead atoms. The molecule has 0 heterocycles. The molecule has 0 atom stereocenters. The summed E-state index contributed by atoms with van der Waals surface area (Å²) in [6.07, 6.45) is 0. The zero-order valence-electron chi connectivity index (χ0n) is 12.7. The van der Waals surface area contributed by atoms with E-state index in [2.05, 4.69) is 0 Å². The van der Waals surface area contributed by atoms with Gasteiger partial charge in [0.2, 0.25) is 0 Å². The van der Waals surface area contributed by atoms with E-state index < -0.39 is 11.8 Å². The third kappa shape index (κ3) is 2.72. The molecular formula is C19H16N2O2. The fourth-order valence-electron chi connectivity index (χ4n) is 2.58. The molecule has 0 fully saturated rings. The number of hydrogen-bond acceptors (Lipinski definition) is 3. The number of benzene rings is 3. The largest absolute Gasteiger partial charge is 0.275 e. The van der Waals surface area contributed by atoms with E-state index in [-0.39, 0.29) is 0 Å². The molecule has 2 N–H and O–H groups in total. The first kappa shape index (κ1) is 14.9. The Hall–Kier alpha value is -2.98. The molecule has 3 aromatic carbocycles. The summed E-state index contributed by atoms with van der Waals surface area (Å²) in [4.78, 5) is 25.2. The molecule has 2 amide bonds. The molecule has 0 saturated carbocycles. The number of hydrazine groups is 1. The third-order valence-electron chi connectivity index (χ3n) is 3.83. The Kier molecular flexibility index (Phi) is 3.91. The summed E-state index contributed by atoms with van der Waals surface area (Å²) in [5.74, 6) is 4.79. The molecule has 0 aromatic heterocycles. The Labute approximate surface area is 134 Å². The molecule has 3 aromatic rings. The van der Waals surface area contributed by atoms with Crippen LogP contribution in [-0.4, -0.2) is 16.8 Å². The highest BCUT2D eigenvalue weighted by Crippen LogP contribution is 2.20. The monoisotopic (exact) mass is 304 g/mol. The second-order valence-electron chi connectivity index (χ2n) is 5.32. The van der Waals surface area contributed by atoms with Crippen LogP contribution in [0.4, 0.5) is 0 Å². The van der Waals surface area contributed by atoms with Crippen molar-refractivity contribution in [3.63, 3.8) is 0 Å². The summed E-state index contributed by atoms with van der Waals surface area (Å²) in [5, 5.41) is 2.38. The molecule has 0 radical (unpaired) electrons. The predicted octanol–water partition coefficient (Wildman–Crippen LogP) is 3.30. The number of rotatable bonds is 2. The van der Waals surface area contributed by atoms with Crippen molar-refractivity contribution in [1.29, 1.82) is 0 Å². The van der Waals surface area contributed by atoms with Crippen molar-refractivity contribution < 1.29 is 9.59 Å². The van der Waals surface area contributed by atoms with Crippen molar-refractivity contribution in [3.8, 4) is 0 Å². The Bertz CT molecular complexity index is 897. The van der Waals surface area contributed by atoms with Gasteiger partial charge in [0, 0.05) is 11.1 Å². The lowest BCUT2D eigenvalue weighted by Gasteiger charge is -2.17. The Morgan fingerprint density at radius 3 is 2.13 bits per heavy atom. The van der Waals surface area contributed by atoms with Gasteiger partial charge in [-0.05, 0) is 35.4 Å². The molecule has 4 nitrogen and oxygen atoms in total. The van der Waals surface area contributed by atoms with Crippen LogP contribution in [0.25, 0.3) is 10.8 Å². The lowest BCUT2D eigenvalue weighted by Crippen LogP contribution is -2.43. The minimum atomic E-state index is -0.518. The summed E-state index contributed by atoms with van der Waals surface area (Å²) in [6.45, 7) is 1.81. The first-order valence-electron chi connectivity index (χ1n) is 7.26. The van der Waals surface area contributed by atoms with Gasteiger partial charge >= 0.3 is 0 Å². The molecule has 3 rings (SSSR count). The van der Waals surface area contributed by atoms with Crippen molar-refractivity contribution >= 4 is 22.6 Å². The van der Waals surface area contributed by atoms with Crippen LogP contribution in [0, 0.1) is 6.92 Å². The van der Waals surface area contributed by atoms with Crippen LogP contribution >= 0.6 is 0 Å². The highest BCUT2D eigenvalue weighted by Gasteiger charge is 2.23. The summed E-state index contributed by atoms with van der Waals surface area (Å²) in [6, 6.07) is 19.9. The standard InChI is InChI=1S/C19H16N2O2/c1-13-7-2-4-10-15(13)18(22)21(20)19(23)17-12-6-9-14-8-3-5-11-16(14)17/h2-12H,20H2,1H3. The van der Waals surface area contributed by atoms with Crippen molar-refractivity contribution in [2.24, 2.45) is 5.84 Å². The quantitative estimate of drug-likeness (QED) is 0.342. The third-order valence-corrected chi connectivity index (χ3v) is 3.83. The molecule has 0 aliphatic carbocycles. The number of carbonyl (C=O) groups is 2. The highest BCUT2D eigenvalue weighted by atomic mass is 16.2. The van der Waals surface area contributed by atoms with E-state index in [1.807, 2.05) is 49.4 Å². The fourth-order valence-corrected chi connectivity index (χ4v) is 2.58. The average molecular weight is 304 g/mol. The maximum absolute atomic E-state index is 12.7. The first-order valence-corrected chi connectivity index (χ1v) is 7.26. The van der Waals surface area contributed by atoms with Crippen LogP contribution in [0.2, 0.25) is 0 Å². The van der Waals surface area contributed by atoms with Crippen LogP contribution in [0.3, 0.4) is 0 Å². The minimum Gasteiger partial charge on any atom is -0.267 e. The minimum absolute atomic E-state index is 0.410. The van der Waals surface area contributed by atoms with E-state index in [0.29, 0.717) is 16.1 Å². The topological polar surface area (TPSA) is 63.4 Å². The number of amides is 2. The van der Waals surface area contributed by atoms with E-state index in [1.54, 1.807) is 24.3 Å². The zero-order chi connectivity index (χ0) is 16.4. The van der Waals surface area contributed by atoms with Gasteiger partial charge in [-0.1, -0.05) is 54.6 Å². The molecule has 0 unspecified atom stereocenters. The highest BCUT2D eigenvalue weighted by molar-refractivity contribution is 6.15. The van der Waals surface area contributed by atoms with Crippen molar-refractivity contribution in [1.82, 2.24) is 5.01 Å². The van der Waals surface area contributed by atoms with Crippen molar-refractivity contribution in [2.45, 2.75) is 6.92 Å². The number of aryl methyl sites for hydroxylation is 1. The van der Waals surface area contributed by atoms with E-state index in [9.17, 15) is 9.59 Å². The summed E-state index contributed by atoms with van der Waals surface area (Å²) in [7, 11) is 0. The number of carbonyl (C=O) groups excluding carboxylic acids is 2. The number of imide groups is 1. The molecule has 23 heavy (non-hydrogen) atoms. The van der Waals surface area contributed by atoms with Gasteiger partial charge in [-0.2, -0.15) is 0 Å². The van der Waals surface area contributed by atoms with Crippen molar-refractivity contribution in [2.75, 3.05) is 0 Å². The predicted molar refractivity (Wildman–Crippen MR) is 89.8 cm³/mol. The summed E-state index contributed by atoms with van der Waals surface area (Å²) < 4.78 is 0. The van der Waals surface area contributed by atoms with Gasteiger partial charge in [0.25, 0.3) is 11.8 Å². The molecule has 0 aliphatic rings. The maximum Gasteiger partial charge on any atom is 0.275 e. The second kappa shape index (κ2) is 6.02. The molecular weight excluding hydrogens is 288 g/mol. The Morgan fingerprint density at radius 1 is 0.783 bits per heavy atom. The molecule has 114 valence electrons. The van der Waals surface area contributed by atoms with Gasteiger partial charge in [0.15, 0.2) is 0 Å². The molecule has 0 spiro atoms. The second-order valence-corrected chi connectivity index (χ2v) is 5.32. The summed E-state index contributed by atoms with van der Waals surface area (Å²) >= 11 is 0. The fraction of sp³-hybridized carbons (Fsp3) is 0.0526. The summed E-state index contributed by atoms with van der Waals surface area (Å²) in [5.41, 5.74) is 1.61. The van der Waals surface area contributed by atoms with E-state index >= 15 is 0 Å². The average Bonchev–Trinajstić information content (AvgIpc) is 2.60. The van der Waals surface area contributed by atoms with Crippen LogP contribution < -0.4 is 5.84 Å². The lowest BCUT2D eigenvalue weighted by atomic mass is 10.0. The Morgan fingerprint density at radius 2 is 1.35 bits per heavy atom. The zero-order valence-corrected chi connectivity index (χ0v) is 12.7. The van der Waals surface area contributed by atoms with Gasteiger partial charge < -0.3 is 0 Å². The number of fused-ring (bicyclic) bond motifs is 1. The van der Waals surface area contributed by atoms with Gasteiger partial charge in [0.05, 0.1) is 0 Å². The molecule has 0 saturated heterocycles. The maximum atomic E-state index is 12.7. The van der Waals surface area contributed by atoms with Crippen LogP contribution in [-0.2, 0) is 0 Å². The van der Waals surface area contributed by atoms with E-state index in [1.165, 1.54) is 0 Å². The first-order chi connectivity index (χ1) is 11.1. The lowest BCUT2D eigenvalue weighted by molar-refractivity contribution is 0.0616. The van der Waals surface area contributed by atoms with E-state index in [4.69, 9.17) is 5.84 Å². The van der Waals surface area contributed by atoms with Gasteiger partial charge in [-0.25, -0.2) is 10.9 Å². The number of hydrogen-bond donors (Lipinski definition) is 1. The normalized spacial score (nSPS) is 10.5. The van der Waals surface area contributed by atoms with Crippen LogP contribution in [0.1, 0.15) is 26.3 Å². The Balaban J connectivity index is 1.99. The smallest absolute Gasteiger partial charge is 0.267 e. The van der Waals surface area contributed by atoms with Gasteiger partial charge in [-0.3, -0.25) is 9.59 Å². The van der Waals surface area contributed by atoms with Gasteiger partial charge in [0.1, 0.15) is 0 Å². The van der Waals surface area contributed by atoms with Crippen LogP contribution in [0.5, 0.6) is 0 Å². The molecule has 4 heteroatoms. The van der Waals surface area contributed by atoms with E-state index in [0.717, 1.165) is 16.3 Å². The van der Waals surface area contributed by atoms with Crippen molar-refractivity contribution in [3.05, 3.63) is 83.4 Å². The molecule has 0 aliphatic heterocycles. The number of nitrogens with two attached hydrogens (primary N) is 1.